The van der Waals surface area contributed by atoms with Gasteiger partial charge in [-0.25, -0.2) is 4.39 Å². The third-order valence-electron chi connectivity index (χ3n) is 2.76. The SMILES string of the molecule is C[C@@H](O)c1cc(F)ccc1Oc1ccc(Br)cc1[N+](=O)[O-]. The fraction of sp³-hybridized carbons (Fsp3) is 0.143. The topological polar surface area (TPSA) is 72.6 Å². The van der Waals surface area contributed by atoms with E-state index >= 15 is 0 Å². The smallest absolute Gasteiger partial charge is 0.312 e. The van der Waals surface area contributed by atoms with Crippen molar-refractivity contribution in [2.75, 3.05) is 0 Å². The molecule has 0 unspecified atom stereocenters. The predicted octanol–water partition coefficient (Wildman–Crippen LogP) is 4.34. The van der Waals surface area contributed by atoms with Gasteiger partial charge in [-0.1, -0.05) is 15.9 Å². The first-order valence-corrected chi connectivity index (χ1v) is 6.77. The molecule has 0 aliphatic heterocycles. The Kier molecular flexibility index (Phi) is 4.54. The van der Waals surface area contributed by atoms with Crippen molar-refractivity contribution in [3.05, 3.63) is 62.4 Å². The lowest BCUT2D eigenvalue weighted by atomic mass is 10.1. The number of nitro benzene ring substituents is 1. The van der Waals surface area contributed by atoms with E-state index in [1.807, 2.05) is 0 Å². The van der Waals surface area contributed by atoms with Gasteiger partial charge in [-0.3, -0.25) is 10.1 Å². The second-order valence-corrected chi connectivity index (χ2v) is 5.25. The average Bonchev–Trinajstić information content (AvgIpc) is 2.42. The zero-order chi connectivity index (χ0) is 15.6. The van der Waals surface area contributed by atoms with Crippen molar-refractivity contribution in [3.8, 4) is 11.5 Å². The van der Waals surface area contributed by atoms with E-state index in [1.54, 1.807) is 6.07 Å². The van der Waals surface area contributed by atoms with Crippen molar-refractivity contribution < 1.29 is 19.2 Å². The highest BCUT2D eigenvalue weighted by Crippen LogP contribution is 2.36. The molecule has 0 fully saturated rings. The molecule has 0 aliphatic carbocycles. The first kappa shape index (κ1) is 15.4. The van der Waals surface area contributed by atoms with Crippen LogP contribution in [-0.2, 0) is 0 Å². The highest BCUT2D eigenvalue weighted by Gasteiger charge is 2.19. The maximum atomic E-state index is 13.2. The molecule has 0 spiro atoms. The number of ether oxygens (including phenoxy) is 1. The second kappa shape index (κ2) is 6.19. The van der Waals surface area contributed by atoms with Crippen LogP contribution in [0.3, 0.4) is 0 Å². The van der Waals surface area contributed by atoms with Crippen LogP contribution in [0.2, 0.25) is 0 Å². The monoisotopic (exact) mass is 355 g/mol. The summed E-state index contributed by atoms with van der Waals surface area (Å²) in [5, 5.41) is 20.7. The molecule has 1 N–H and O–H groups in total. The van der Waals surface area contributed by atoms with Crippen LogP contribution in [0.1, 0.15) is 18.6 Å². The van der Waals surface area contributed by atoms with Gasteiger partial charge in [0.2, 0.25) is 5.75 Å². The average molecular weight is 356 g/mol. The molecule has 21 heavy (non-hydrogen) atoms. The summed E-state index contributed by atoms with van der Waals surface area (Å²) in [4.78, 5) is 10.5. The summed E-state index contributed by atoms with van der Waals surface area (Å²) in [6, 6.07) is 7.94. The van der Waals surface area contributed by atoms with Gasteiger partial charge in [0.25, 0.3) is 0 Å². The Morgan fingerprint density at radius 1 is 1.29 bits per heavy atom. The lowest BCUT2D eigenvalue weighted by molar-refractivity contribution is -0.385. The van der Waals surface area contributed by atoms with Gasteiger partial charge in [0.1, 0.15) is 11.6 Å². The zero-order valence-corrected chi connectivity index (χ0v) is 12.5. The molecule has 2 aromatic carbocycles. The van der Waals surface area contributed by atoms with Crippen molar-refractivity contribution in [3.63, 3.8) is 0 Å². The molecular weight excluding hydrogens is 345 g/mol. The number of benzene rings is 2. The van der Waals surface area contributed by atoms with Crippen molar-refractivity contribution in [2.24, 2.45) is 0 Å². The van der Waals surface area contributed by atoms with Crippen LogP contribution in [0.5, 0.6) is 11.5 Å². The van der Waals surface area contributed by atoms with Gasteiger partial charge in [0, 0.05) is 16.1 Å². The molecule has 0 bridgehead atoms. The summed E-state index contributed by atoms with van der Waals surface area (Å²) in [6.45, 7) is 1.46. The molecule has 0 heterocycles. The molecule has 7 heteroatoms. The Bertz CT molecular complexity index is 691. The van der Waals surface area contributed by atoms with E-state index < -0.39 is 16.8 Å². The van der Waals surface area contributed by atoms with Crippen molar-refractivity contribution in [2.45, 2.75) is 13.0 Å². The Labute approximate surface area is 128 Å². The molecule has 2 aromatic rings. The summed E-state index contributed by atoms with van der Waals surface area (Å²) >= 11 is 3.15. The van der Waals surface area contributed by atoms with E-state index in [4.69, 9.17) is 4.74 Å². The summed E-state index contributed by atoms with van der Waals surface area (Å²) in [5.74, 6) is -0.350. The molecule has 0 radical (unpaired) electrons. The van der Waals surface area contributed by atoms with Crippen LogP contribution >= 0.6 is 15.9 Å². The molecule has 1 atom stereocenters. The van der Waals surface area contributed by atoms with Crippen LogP contribution < -0.4 is 4.74 Å². The van der Waals surface area contributed by atoms with Crippen LogP contribution in [-0.4, -0.2) is 10.0 Å². The molecule has 0 amide bonds. The number of hydrogen-bond donors (Lipinski definition) is 1. The molecule has 0 saturated carbocycles. The van der Waals surface area contributed by atoms with E-state index in [-0.39, 0.29) is 22.7 Å². The summed E-state index contributed by atoms with van der Waals surface area (Å²) in [6.07, 6.45) is -0.967. The molecule has 110 valence electrons. The first-order chi connectivity index (χ1) is 9.88. The summed E-state index contributed by atoms with van der Waals surface area (Å²) in [7, 11) is 0. The Hall–Kier alpha value is -1.99. The van der Waals surface area contributed by atoms with Gasteiger partial charge in [0.15, 0.2) is 0 Å². The van der Waals surface area contributed by atoms with E-state index in [9.17, 15) is 19.6 Å². The van der Waals surface area contributed by atoms with E-state index in [1.165, 1.54) is 25.1 Å². The fourth-order valence-corrected chi connectivity index (χ4v) is 2.13. The largest absolute Gasteiger partial charge is 0.450 e. The van der Waals surface area contributed by atoms with Gasteiger partial charge in [-0.15, -0.1) is 0 Å². The van der Waals surface area contributed by atoms with Crippen LogP contribution in [0.25, 0.3) is 0 Å². The van der Waals surface area contributed by atoms with Gasteiger partial charge in [0.05, 0.1) is 11.0 Å². The molecular formula is C14H11BrFNO4. The maximum absolute atomic E-state index is 13.2. The fourth-order valence-electron chi connectivity index (χ4n) is 1.78. The maximum Gasteiger partial charge on any atom is 0.312 e. The van der Waals surface area contributed by atoms with E-state index in [0.29, 0.717) is 4.47 Å². The zero-order valence-electron chi connectivity index (χ0n) is 10.9. The molecule has 0 saturated heterocycles. The van der Waals surface area contributed by atoms with Gasteiger partial charge >= 0.3 is 5.69 Å². The molecule has 2 rings (SSSR count). The standard InChI is InChI=1S/C14H11BrFNO4/c1-8(18)11-7-10(16)3-5-13(11)21-14-4-2-9(15)6-12(14)17(19)20/h2-8,18H,1H3/t8-/m1/s1. The lowest BCUT2D eigenvalue weighted by Crippen LogP contribution is -1.99. The van der Waals surface area contributed by atoms with Gasteiger partial charge in [-0.05, 0) is 37.3 Å². The number of nitro groups is 1. The highest BCUT2D eigenvalue weighted by atomic mass is 79.9. The van der Waals surface area contributed by atoms with Crippen molar-refractivity contribution >= 4 is 21.6 Å². The number of rotatable bonds is 4. The van der Waals surface area contributed by atoms with Gasteiger partial charge < -0.3 is 9.84 Å². The third kappa shape index (κ3) is 3.56. The number of hydrogen-bond acceptors (Lipinski definition) is 4. The highest BCUT2D eigenvalue weighted by molar-refractivity contribution is 9.10. The first-order valence-electron chi connectivity index (χ1n) is 5.98. The minimum atomic E-state index is -0.967. The third-order valence-corrected chi connectivity index (χ3v) is 3.25. The van der Waals surface area contributed by atoms with Crippen LogP contribution in [0, 0.1) is 15.9 Å². The number of nitrogens with zero attached hydrogens (tertiary/aromatic N) is 1. The Balaban J connectivity index is 2.46. The molecule has 0 aliphatic rings. The summed E-state index contributed by atoms with van der Waals surface area (Å²) in [5.41, 5.74) is -0.0162. The van der Waals surface area contributed by atoms with E-state index in [2.05, 4.69) is 15.9 Å². The van der Waals surface area contributed by atoms with Crippen molar-refractivity contribution in [1.82, 2.24) is 0 Å². The van der Waals surface area contributed by atoms with Crippen LogP contribution in [0.15, 0.2) is 40.9 Å². The normalized spacial score (nSPS) is 12.0. The minimum Gasteiger partial charge on any atom is -0.450 e. The van der Waals surface area contributed by atoms with Gasteiger partial charge in [-0.2, -0.15) is 0 Å². The second-order valence-electron chi connectivity index (χ2n) is 4.33. The molecule has 5 nitrogen and oxygen atoms in total. The lowest BCUT2D eigenvalue weighted by Gasteiger charge is -2.13. The van der Waals surface area contributed by atoms with E-state index in [0.717, 1.165) is 12.1 Å². The molecule has 0 aromatic heterocycles. The minimum absolute atomic E-state index is 0.0108. The predicted molar refractivity (Wildman–Crippen MR) is 77.9 cm³/mol. The number of halogens is 2. The number of aliphatic hydroxyl groups is 1. The number of aliphatic hydroxyl groups excluding tert-OH is 1. The Morgan fingerprint density at radius 3 is 2.57 bits per heavy atom. The quantitative estimate of drug-likeness (QED) is 0.653. The summed E-state index contributed by atoms with van der Waals surface area (Å²) < 4.78 is 19.2. The van der Waals surface area contributed by atoms with Crippen LogP contribution in [0.4, 0.5) is 10.1 Å². The van der Waals surface area contributed by atoms with Crippen molar-refractivity contribution in [1.29, 1.82) is 0 Å². The Morgan fingerprint density at radius 2 is 1.95 bits per heavy atom.